The predicted molar refractivity (Wildman–Crippen MR) is 106 cm³/mol. The monoisotopic (exact) mass is 434 g/mol. The second-order valence-corrected chi connectivity index (χ2v) is 7.53. The Morgan fingerprint density at radius 1 is 1.03 bits per heavy atom. The number of thioether (sulfide) groups is 2. The Morgan fingerprint density at radius 2 is 1.72 bits per heavy atom. The SMILES string of the molecule is CCOC(=O)COc1ccccc1C(/C=C1\SC(=O)NC1=O)=C1\SC(=O)NC1=O. The van der Waals surface area contributed by atoms with E-state index in [0.29, 0.717) is 29.1 Å². The fourth-order valence-electron chi connectivity index (χ4n) is 2.46. The van der Waals surface area contributed by atoms with Crippen LogP contribution in [-0.2, 0) is 19.1 Å². The number of allylic oxidation sites excluding steroid dienone is 2. The maximum absolute atomic E-state index is 12.3. The first-order valence-electron chi connectivity index (χ1n) is 8.29. The fourth-order valence-corrected chi connectivity index (χ4v) is 3.88. The van der Waals surface area contributed by atoms with Gasteiger partial charge in [-0.1, -0.05) is 18.2 Å². The standard InChI is InChI=1S/C18H14N2O7S2/c1-2-26-13(21)8-27-11-6-4-3-5-9(11)10(14-16(23)20-18(25)29-14)7-12-15(22)19-17(24)28-12/h3-7H,2,8H2,1H3,(H,19,22,24)(H,20,23,25)/b12-7-,14-10-. The first kappa shape index (κ1) is 20.7. The number of rotatable bonds is 6. The van der Waals surface area contributed by atoms with Gasteiger partial charge in [0.05, 0.1) is 16.4 Å². The summed E-state index contributed by atoms with van der Waals surface area (Å²) < 4.78 is 10.4. The van der Waals surface area contributed by atoms with Gasteiger partial charge in [-0.25, -0.2) is 4.79 Å². The molecule has 0 aromatic heterocycles. The number of hydrogen-bond donors (Lipinski definition) is 2. The second kappa shape index (κ2) is 8.97. The lowest BCUT2D eigenvalue weighted by Gasteiger charge is -2.13. The van der Waals surface area contributed by atoms with Gasteiger partial charge in [-0.05, 0) is 42.6 Å². The van der Waals surface area contributed by atoms with Crippen molar-refractivity contribution in [3.05, 3.63) is 45.7 Å². The summed E-state index contributed by atoms with van der Waals surface area (Å²) in [7, 11) is 0. The van der Waals surface area contributed by atoms with Crippen LogP contribution in [0, 0.1) is 0 Å². The number of carbonyl (C=O) groups excluding carboxylic acids is 5. The van der Waals surface area contributed by atoms with Crippen LogP contribution in [0.1, 0.15) is 12.5 Å². The van der Waals surface area contributed by atoms with Gasteiger partial charge < -0.3 is 9.47 Å². The number of amides is 4. The quantitative estimate of drug-likeness (QED) is 0.511. The van der Waals surface area contributed by atoms with Crippen LogP contribution in [0.15, 0.2) is 40.2 Å². The van der Waals surface area contributed by atoms with Gasteiger partial charge in [0.1, 0.15) is 5.75 Å². The van der Waals surface area contributed by atoms with Gasteiger partial charge in [0.2, 0.25) is 0 Å². The van der Waals surface area contributed by atoms with Crippen molar-refractivity contribution >= 4 is 57.4 Å². The summed E-state index contributed by atoms with van der Waals surface area (Å²) in [5.41, 5.74) is 0.578. The molecule has 3 rings (SSSR count). The zero-order chi connectivity index (χ0) is 21.0. The molecule has 0 unspecified atom stereocenters. The minimum atomic E-state index is -0.637. The van der Waals surface area contributed by atoms with E-state index in [2.05, 4.69) is 10.6 Å². The van der Waals surface area contributed by atoms with E-state index in [-0.39, 0.29) is 34.3 Å². The van der Waals surface area contributed by atoms with E-state index in [4.69, 9.17) is 9.47 Å². The third-order valence-corrected chi connectivity index (χ3v) is 5.31. The lowest BCUT2D eigenvalue weighted by atomic mass is 10.0. The number of esters is 1. The summed E-state index contributed by atoms with van der Waals surface area (Å²) >= 11 is 1.34. The number of para-hydroxylation sites is 1. The molecule has 29 heavy (non-hydrogen) atoms. The molecule has 2 fully saturated rings. The van der Waals surface area contributed by atoms with Gasteiger partial charge in [0, 0.05) is 11.1 Å². The summed E-state index contributed by atoms with van der Waals surface area (Å²) in [5, 5.41) is 3.18. The zero-order valence-corrected chi connectivity index (χ0v) is 16.6. The molecule has 0 saturated carbocycles. The maximum Gasteiger partial charge on any atom is 0.344 e. The molecule has 2 saturated heterocycles. The molecule has 2 N–H and O–H groups in total. The first-order chi connectivity index (χ1) is 13.9. The lowest BCUT2D eigenvalue weighted by Crippen LogP contribution is -2.19. The van der Waals surface area contributed by atoms with E-state index in [0.717, 1.165) is 0 Å². The Morgan fingerprint density at radius 3 is 2.34 bits per heavy atom. The molecule has 2 aliphatic rings. The summed E-state index contributed by atoms with van der Waals surface area (Å²) in [6.45, 7) is 1.50. The van der Waals surface area contributed by atoms with Crippen LogP contribution in [0.2, 0.25) is 0 Å². The number of carbonyl (C=O) groups is 5. The van der Waals surface area contributed by atoms with Crippen molar-refractivity contribution in [2.24, 2.45) is 0 Å². The highest BCUT2D eigenvalue weighted by Gasteiger charge is 2.32. The molecule has 2 heterocycles. The third kappa shape index (κ3) is 4.87. The third-order valence-electron chi connectivity index (χ3n) is 3.61. The first-order valence-corrected chi connectivity index (χ1v) is 9.92. The fraction of sp³-hybridized carbons (Fsp3) is 0.167. The van der Waals surface area contributed by atoms with Crippen molar-refractivity contribution in [2.45, 2.75) is 6.92 Å². The zero-order valence-electron chi connectivity index (χ0n) is 15.0. The lowest BCUT2D eigenvalue weighted by molar-refractivity contribution is -0.145. The van der Waals surface area contributed by atoms with Crippen LogP contribution >= 0.6 is 23.5 Å². The topological polar surface area (TPSA) is 128 Å². The molecule has 0 spiro atoms. The van der Waals surface area contributed by atoms with E-state index in [1.54, 1.807) is 31.2 Å². The van der Waals surface area contributed by atoms with E-state index in [1.165, 1.54) is 6.08 Å². The van der Waals surface area contributed by atoms with Crippen LogP contribution < -0.4 is 15.4 Å². The molecule has 0 atom stereocenters. The van der Waals surface area contributed by atoms with Crippen molar-refractivity contribution < 1.29 is 33.4 Å². The Bertz CT molecular complexity index is 984. The molecule has 1 aromatic carbocycles. The van der Waals surface area contributed by atoms with Crippen LogP contribution in [0.25, 0.3) is 5.57 Å². The molecule has 150 valence electrons. The van der Waals surface area contributed by atoms with Gasteiger partial charge in [0.25, 0.3) is 22.3 Å². The molecule has 1 aromatic rings. The van der Waals surface area contributed by atoms with E-state index < -0.39 is 28.3 Å². The molecule has 9 nitrogen and oxygen atoms in total. The van der Waals surface area contributed by atoms with Gasteiger partial charge in [0.15, 0.2) is 6.61 Å². The summed E-state index contributed by atoms with van der Waals surface area (Å²) in [6, 6.07) is 6.50. The minimum Gasteiger partial charge on any atom is -0.481 e. The van der Waals surface area contributed by atoms with E-state index in [1.807, 2.05) is 0 Å². The average Bonchev–Trinajstić information content (AvgIpc) is 3.18. The molecular formula is C18H14N2O7S2. The molecule has 4 amide bonds. The van der Waals surface area contributed by atoms with Crippen molar-refractivity contribution in [3.63, 3.8) is 0 Å². The smallest absolute Gasteiger partial charge is 0.344 e. The maximum atomic E-state index is 12.3. The molecule has 11 heteroatoms. The number of hydrogen-bond acceptors (Lipinski definition) is 9. The van der Waals surface area contributed by atoms with E-state index in [9.17, 15) is 24.0 Å². The van der Waals surface area contributed by atoms with Crippen molar-refractivity contribution in [1.29, 1.82) is 0 Å². The van der Waals surface area contributed by atoms with Gasteiger partial charge in [-0.2, -0.15) is 0 Å². The molecule has 0 radical (unpaired) electrons. The Labute approximate surface area is 173 Å². The van der Waals surface area contributed by atoms with Gasteiger partial charge in [-0.3, -0.25) is 29.8 Å². The molecular weight excluding hydrogens is 420 g/mol. The Kier molecular flexibility index (Phi) is 6.39. The van der Waals surface area contributed by atoms with Gasteiger partial charge >= 0.3 is 5.97 Å². The predicted octanol–water partition coefficient (Wildman–Crippen LogP) is 2.19. The molecule has 0 aliphatic carbocycles. The normalized spacial score (nSPS) is 19.3. The number of imide groups is 2. The van der Waals surface area contributed by atoms with Crippen molar-refractivity contribution in [2.75, 3.05) is 13.2 Å². The van der Waals surface area contributed by atoms with Crippen molar-refractivity contribution in [3.8, 4) is 5.75 Å². The summed E-state index contributed by atoms with van der Waals surface area (Å²) in [6.07, 6.45) is 1.35. The Balaban J connectivity index is 2.05. The number of nitrogens with one attached hydrogen (secondary N) is 2. The summed E-state index contributed by atoms with van der Waals surface area (Å²) in [4.78, 5) is 59.1. The van der Waals surface area contributed by atoms with Crippen LogP contribution in [0.5, 0.6) is 5.75 Å². The van der Waals surface area contributed by atoms with Crippen LogP contribution in [0.4, 0.5) is 9.59 Å². The highest BCUT2D eigenvalue weighted by atomic mass is 32.2. The van der Waals surface area contributed by atoms with Crippen molar-refractivity contribution in [1.82, 2.24) is 10.6 Å². The number of ether oxygens (including phenoxy) is 2. The van der Waals surface area contributed by atoms with Crippen LogP contribution in [0.3, 0.4) is 0 Å². The number of benzene rings is 1. The van der Waals surface area contributed by atoms with E-state index >= 15 is 0 Å². The van der Waals surface area contributed by atoms with Gasteiger partial charge in [-0.15, -0.1) is 0 Å². The highest BCUT2D eigenvalue weighted by molar-refractivity contribution is 8.18. The minimum absolute atomic E-state index is 0.0439. The largest absolute Gasteiger partial charge is 0.481 e. The van der Waals surface area contributed by atoms with Crippen LogP contribution in [-0.4, -0.2) is 41.5 Å². The summed E-state index contributed by atoms with van der Waals surface area (Å²) in [5.74, 6) is -1.59. The molecule has 2 aliphatic heterocycles. The average molecular weight is 434 g/mol. The Hall–Kier alpha value is -3.05. The second-order valence-electron chi connectivity index (χ2n) is 5.53. The molecule has 0 bridgehead atoms. The highest BCUT2D eigenvalue weighted by Crippen LogP contribution is 2.39.